The monoisotopic (exact) mass is 367 g/mol. The van der Waals surface area contributed by atoms with Crippen molar-refractivity contribution in [3.63, 3.8) is 0 Å². The Morgan fingerprint density at radius 2 is 1.77 bits per heavy atom. The lowest BCUT2D eigenvalue weighted by Crippen LogP contribution is -2.46. The van der Waals surface area contributed by atoms with E-state index in [0.29, 0.717) is 6.04 Å². The quantitative estimate of drug-likeness (QED) is 0.833. The zero-order valence-corrected chi connectivity index (χ0v) is 15.8. The zero-order chi connectivity index (χ0) is 14.4. The molecule has 128 valence electrons. The van der Waals surface area contributed by atoms with Crippen LogP contribution in [0.5, 0.6) is 0 Å². The molecule has 1 aromatic rings. The molecular formula is C16H28Cl3N3. The van der Waals surface area contributed by atoms with Crippen LogP contribution in [0.1, 0.15) is 12.5 Å². The normalized spacial score (nSPS) is 16.7. The average molecular weight is 369 g/mol. The van der Waals surface area contributed by atoms with Gasteiger partial charge in [0.05, 0.1) is 0 Å². The fourth-order valence-electron chi connectivity index (χ4n) is 2.57. The van der Waals surface area contributed by atoms with Crippen LogP contribution < -0.4 is 5.32 Å². The molecule has 1 aliphatic heterocycles. The van der Waals surface area contributed by atoms with Gasteiger partial charge in [-0.25, -0.2) is 0 Å². The van der Waals surface area contributed by atoms with Crippen LogP contribution in [0.3, 0.4) is 0 Å². The highest BCUT2D eigenvalue weighted by Gasteiger charge is 2.13. The van der Waals surface area contributed by atoms with Crippen LogP contribution >= 0.6 is 36.4 Å². The summed E-state index contributed by atoms with van der Waals surface area (Å²) in [5.41, 5.74) is 1.36. The van der Waals surface area contributed by atoms with Crippen molar-refractivity contribution in [3.8, 4) is 0 Å². The topological polar surface area (TPSA) is 18.5 Å². The molecule has 3 nitrogen and oxygen atoms in total. The second kappa shape index (κ2) is 11.5. The number of piperazine rings is 1. The van der Waals surface area contributed by atoms with Crippen LogP contribution in [0.4, 0.5) is 0 Å². The molecule has 0 spiro atoms. The number of nitrogens with one attached hydrogen (secondary N) is 1. The van der Waals surface area contributed by atoms with Crippen molar-refractivity contribution in [2.75, 3.05) is 46.3 Å². The van der Waals surface area contributed by atoms with E-state index < -0.39 is 0 Å². The van der Waals surface area contributed by atoms with Crippen LogP contribution in [-0.2, 0) is 6.42 Å². The van der Waals surface area contributed by atoms with Crippen LogP contribution in [0, 0.1) is 0 Å². The van der Waals surface area contributed by atoms with E-state index >= 15 is 0 Å². The van der Waals surface area contributed by atoms with Gasteiger partial charge in [-0.2, -0.15) is 0 Å². The van der Waals surface area contributed by atoms with E-state index in [1.54, 1.807) is 0 Å². The predicted octanol–water partition coefficient (Wildman–Crippen LogP) is 2.95. The van der Waals surface area contributed by atoms with Crippen molar-refractivity contribution in [2.45, 2.75) is 19.4 Å². The summed E-state index contributed by atoms with van der Waals surface area (Å²) in [6.45, 7) is 9.22. The van der Waals surface area contributed by atoms with Crippen molar-refractivity contribution in [3.05, 3.63) is 34.9 Å². The number of halogens is 3. The Kier molecular flexibility index (Phi) is 11.5. The van der Waals surface area contributed by atoms with Gasteiger partial charge in [-0.05, 0) is 38.1 Å². The molecule has 0 aliphatic carbocycles. The number of rotatable bonds is 6. The van der Waals surface area contributed by atoms with E-state index in [1.165, 1.54) is 25.2 Å². The van der Waals surface area contributed by atoms with E-state index in [4.69, 9.17) is 11.6 Å². The first kappa shape index (κ1) is 22.0. The maximum absolute atomic E-state index is 5.93. The molecule has 6 heteroatoms. The standard InChI is InChI=1S/C16H26ClN3.2ClH/c1-14(13-15-3-5-16(17)6-4-15)19(2)11-12-20-9-7-18-8-10-20;;/h3-6,14,18H,7-13H2,1-2H3;2*1H. The Labute approximate surface area is 152 Å². The fourth-order valence-corrected chi connectivity index (χ4v) is 2.70. The van der Waals surface area contributed by atoms with E-state index in [9.17, 15) is 0 Å². The molecule has 0 saturated carbocycles. The first-order valence-corrected chi connectivity index (χ1v) is 7.90. The number of hydrogen-bond donors (Lipinski definition) is 1. The molecule has 0 amide bonds. The van der Waals surface area contributed by atoms with Gasteiger partial charge in [0.1, 0.15) is 0 Å². The maximum atomic E-state index is 5.93. The summed E-state index contributed by atoms with van der Waals surface area (Å²) in [5, 5.41) is 4.21. The van der Waals surface area contributed by atoms with Gasteiger partial charge in [-0.1, -0.05) is 23.7 Å². The highest BCUT2D eigenvalue weighted by Crippen LogP contribution is 2.12. The Balaban J connectivity index is 0.00000220. The fraction of sp³-hybridized carbons (Fsp3) is 0.625. The van der Waals surface area contributed by atoms with Gasteiger partial charge < -0.3 is 10.2 Å². The van der Waals surface area contributed by atoms with Crippen LogP contribution in [0.15, 0.2) is 24.3 Å². The number of likely N-dealkylation sites (N-methyl/N-ethyl adjacent to an activating group) is 1. The molecule has 0 radical (unpaired) electrons. The third-order valence-electron chi connectivity index (χ3n) is 4.18. The van der Waals surface area contributed by atoms with E-state index in [2.05, 4.69) is 41.2 Å². The second-order valence-electron chi connectivity index (χ2n) is 5.75. The number of hydrogen-bond acceptors (Lipinski definition) is 3. The van der Waals surface area contributed by atoms with Crippen molar-refractivity contribution in [1.29, 1.82) is 0 Å². The molecule has 1 atom stereocenters. The first-order valence-electron chi connectivity index (χ1n) is 7.53. The highest BCUT2D eigenvalue weighted by molar-refractivity contribution is 6.30. The van der Waals surface area contributed by atoms with Crippen molar-refractivity contribution in [1.82, 2.24) is 15.1 Å². The Hall–Kier alpha value is -0.0300. The third-order valence-corrected chi connectivity index (χ3v) is 4.43. The van der Waals surface area contributed by atoms with Gasteiger partial charge in [0.25, 0.3) is 0 Å². The molecule has 0 bridgehead atoms. The lowest BCUT2D eigenvalue weighted by Gasteiger charge is -2.31. The Morgan fingerprint density at radius 3 is 2.36 bits per heavy atom. The minimum absolute atomic E-state index is 0. The number of nitrogens with zero attached hydrogens (tertiary/aromatic N) is 2. The van der Waals surface area contributed by atoms with Gasteiger partial charge >= 0.3 is 0 Å². The van der Waals surface area contributed by atoms with E-state index in [0.717, 1.165) is 31.1 Å². The molecule has 1 saturated heterocycles. The summed E-state index contributed by atoms with van der Waals surface area (Å²) in [6.07, 6.45) is 1.08. The average Bonchev–Trinajstić information content (AvgIpc) is 2.48. The SMILES string of the molecule is CC(Cc1ccc(Cl)cc1)N(C)CCN1CCNCC1.Cl.Cl. The van der Waals surface area contributed by atoms with Gasteiger partial charge in [0, 0.05) is 50.3 Å². The smallest absolute Gasteiger partial charge is 0.0406 e. The van der Waals surface area contributed by atoms with E-state index in [1.807, 2.05) is 12.1 Å². The minimum Gasteiger partial charge on any atom is -0.314 e. The second-order valence-corrected chi connectivity index (χ2v) is 6.19. The Morgan fingerprint density at radius 1 is 1.18 bits per heavy atom. The van der Waals surface area contributed by atoms with Crippen molar-refractivity contribution < 1.29 is 0 Å². The molecule has 1 unspecified atom stereocenters. The Bertz CT molecular complexity index is 394. The summed E-state index contributed by atoms with van der Waals surface area (Å²) in [4.78, 5) is 5.00. The summed E-state index contributed by atoms with van der Waals surface area (Å²) < 4.78 is 0. The predicted molar refractivity (Wildman–Crippen MR) is 101 cm³/mol. The van der Waals surface area contributed by atoms with Gasteiger partial charge in [-0.3, -0.25) is 4.90 Å². The molecular weight excluding hydrogens is 341 g/mol. The lowest BCUT2D eigenvalue weighted by molar-refractivity contribution is 0.182. The minimum atomic E-state index is 0. The van der Waals surface area contributed by atoms with Crippen molar-refractivity contribution in [2.24, 2.45) is 0 Å². The summed E-state index contributed by atoms with van der Waals surface area (Å²) in [5.74, 6) is 0. The zero-order valence-electron chi connectivity index (χ0n) is 13.4. The molecule has 0 aromatic heterocycles. The molecule has 1 N–H and O–H groups in total. The maximum Gasteiger partial charge on any atom is 0.0406 e. The summed E-state index contributed by atoms with van der Waals surface area (Å²) in [6, 6.07) is 8.76. The largest absolute Gasteiger partial charge is 0.314 e. The molecule has 1 fully saturated rings. The van der Waals surface area contributed by atoms with Gasteiger partial charge in [0.15, 0.2) is 0 Å². The van der Waals surface area contributed by atoms with Crippen LogP contribution in [0.25, 0.3) is 0 Å². The molecule has 1 aromatic carbocycles. The summed E-state index contributed by atoms with van der Waals surface area (Å²) in [7, 11) is 2.22. The molecule has 1 aliphatic rings. The lowest BCUT2D eigenvalue weighted by atomic mass is 10.1. The van der Waals surface area contributed by atoms with Crippen molar-refractivity contribution >= 4 is 36.4 Å². The highest BCUT2D eigenvalue weighted by atomic mass is 35.5. The molecule has 22 heavy (non-hydrogen) atoms. The third kappa shape index (κ3) is 7.49. The molecule has 1 heterocycles. The van der Waals surface area contributed by atoms with Gasteiger partial charge in [0.2, 0.25) is 0 Å². The molecule has 2 rings (SSSR count). The summed E-state index contributed by atoms with van der Waals surface area (Å²) >= 11 is 5.93. The van der Waals surface area contributed by atoms with Crippen LogP contribution in [-0.4, -0.2) is 62.2 Å². The van der Waals surface area contributed by atoms with E-state index in [-0.39, 0.29) is 24.8 Å². The van der Waals surface area contributed by atoms with Gasteiger partial charge in [-0.15, -0.1) is 24.8 Å². The van der Waals surface area contributed by atoms with Crippen LogP contribution in [0.2, 0.25) is 5.02 Å². The number of benzene rings is 1. The first-order chi connectivity index (χ1) is 9.65.